The van der Waals surface area contributed by atoms with E-state index in [0.717, 1.165) is 37.1 Å². The van der Waals surface area contributed by atoms with Gasteiger partial charge in [-0.15, -0.1) is 0 Å². The summed E-state index contributed by atoms with van der Waals surface area (Å²) in [4.78, 5) is 27.9. The van der Waals surface area contributed by atoms with Crippen LogP contribution in [-0.4, -0.2) is 64.4 Å². The standard InChI is InChI=1S/C21H24N2O3.C2HF3O2/c24-20(17-7-2-1-3-8-17)23-12-6-10-21(16-23)13-19(15-26-21)25-14-18-9-4-5-11-22-18;3-2(4,5)1(6)7/h1-5,7-9,11,19H,6,10,12-16H2;(H,6,7)/t19-,21+;/m1./s1. The molecule has 0 bridgehead atoms. The third-order valence-electron chi connectivity index (χ3n) is 5.46. The number of halogens is 3. The molecule has 4 rings (SSSR count). The van der Waals surface area contributed by atoms with Crippen LogP contribution in [0, 0.1) is 0 Å². The summed E-state index contributed by atoms with van der Waals surface area (Å²) >= 11 is 0. The van der Waals surface area contributed by atoms with Crippen molar-refractivity contribution in [3.8, 4) is 0 Å². The number of hydrogen-bond acceptors (Lipinski definition) is 5. The molecule has 33 heavy (non-hydrogen) atoms. The second kappa shape index (κ2) is 10.8. The molecule has 2 aromatic rings. The van der Waals surface area contributed by atoms with E-state index >= 15 is 0 Å². The number of alkyl halides is 3. The number of carboxylic acid groups (broad SMARTS) is 1. The van der Waals surface area contributed by atoms with Gasteiger partial charge in [-0.1, -0.05) is 24.3 Å². The first kappa shape index (κ1) is 24.7. The van der Waals surface area contributed by atoms with Gasteiger partial charge in [0.25, 0.3) is 5.91 Å². The van der Waals surface area contributed by atoms with Gasteiger partial charge in [-0.3, -0.25) is 9.78 Å². The fourth-order valence-corrected chi connectivity index (χ4v) is 3.92. The maximum atomic E-state index is 12.8. The smallest absolute Gasteiger partial charge is 0.475 e. The Morgan fingerprint density at radius 1 is 1.18 bits per heavy atom. The second-order valence-electron chi connectivity index (χ2n) is 7.95. The molecule has 1 aromatic heterocycles. The molecule has 2 aliphatic heterocycles. The van der Waals surface area contributed by atoms with Gasteiger partial charge in [-0.05, 0) is 37.1 Å². The Morgan fingerprint density at radius 2 is 1.88 bits per heavy atom. The maximum Gasteiger partial charge on any atom is 0.490 e. The largest absolute Gasteiger partial charge is 0.490 e. The van der Waals surface area contributed by atoms with Crippen LogP contribution in [-0.2, 0) is 20.9 Å². The number of aliphatic carboxylic acids is 1. The number of carboxylic acids is 1. The lowest BCUT2D eigenvalue weighted by atomic mass is 9.89. The minimum atomic E-state index is -5.08. The van der Waals surface area contributed by atoms with Crippen molar-refractivity contribution in [2.45, 2.75) is 43.8 Å². The van der Waals surface area contributed by atoms with Crippen molar-refractivity contribution in [1.82, 2.24) is 9.88 Å². The van der Waals surface area contributed by atoms with E-state index in [4.69, 9.17) is 19.4 Å². The zero-order chi connectivity index (χ0) is 23.9. The SMILES string of the molecule is O=C(O)C(F)(F)F.O=C(c1ccccc1)N1CCC[C@]2(C[C@@H](OCc3ccccn3)CO2)C1. The monoisotopic (exact) mass is 466 g/mol. The Labute approximate surface area is 189 Å². The van der Waals surface area contributed by atoms with Crippen molar-refractivity contribution in [3.05, 3.63) is 66.0 Å². The number of amides is 1. The molecule has 2 aliphatic rings. The van der Waals surface area contributed by atoms with E-state index in [1.54, 1.807) is 6.20 Å². The fourth-order valence-electron chi connectivity index (χ4n) is 3.92. The van der Waals surface area contributed by atoms with Crippen LogP contribution in [0.25, 0.3) is 0 Å². The topological polar surface area (TPSA) is 89.0 Å². The molecule has 7 nitrogen and oxygen atoms in total. The molecule has 0 saturated carbocycles. The van der Waals surface area contributed by atoms with Crippen LogP contribution in [0.2, 0.25) is 0 Å². The first-order valence-electron chi connectivity index (χ1n) is 10.5. The van der Waals surface area contributed by atoms with Gasteiger partial charge in [0.1, 0.15) is 0 Å². The lowest BCUT2D eigenvalue weighted by Crippen LogP contribution is -2.50. The highest BCUT2D eigenvalue weighted by molar-refractivity contribution is 5.94. The van der Waals surface area contributed by atoms with E-state index in [-0.39, 0.29) is 17.6 Å². The lowest BCUT2D eigenvalue weighted by Gasteiger charge is -2.39. The van der Waals surface area contributed by atoms with Gasteiger partial charge in [-0.25, -0.2) is 4.79 Å². The zero-order valence-corrected chi connectivity index (χ0v) is 17.8. The third-order valence-corrected chi connectivity index (χ3v) is 5.46. The van der Waals surface area contributed by atoms with Crippen molar-refractivity contribution in [2.24, 2.45) is 0 Å². The molecular weight excluding hydrogens is 441 g/mol. The van der Waals surface area contributed by atoms with E-state index in [0.29, 0.717) is 19.8 Å². The van der Waals surface area contributed by atoms with E-state index in [1.807, 2.05) is 53.4 Å². The van der Waals surface area contributed by atoms with Crippen LogP contribution in [0.5, 0.6) is 0 Å². The number of nitrogens with zero attached hydrogens (tertiary/aromatic N) is 2. The molecule has 178 valence electrons. The van der Waals surface area contributed by atoms with Crippen molar-refractivity contribution in [2.75, 3.05) is 19.7 Å². The highest BCUT2D eigenvalue weighted by Crippen LogP contribution is 2.36. The molecule has 0 unspecified atom stereocenters. The van der Waals surface area contributed by atoms with Gasteiger partial charge in [0, 0.05) is 24.7 Å². The third kappa shape index (κ3) is 7.00. The number of benzene rings is 1. The maximum absolute atomic E-state index is 12.8. The quantitative estimate of drug-likeness (QED) is 0.739. The highest BCUT2D eigenvalue weighted by Gasteiger charge is 2.45. The molecule has 3 heterocycles. The van der Waals surface area contributed by atoms with Crippen molar-refractivity contribution < 1.29 is 37.3 Å². The van der Waals surface area contributed by atoms with Gasteiger partial charge < -0.3 is 19.5 Å². The second-order valence-corrected chi connectivity index (χ2v) is 7.95. The highest BCUT2D eigenvalue weighted by atomic mass is 19.4. The van der Waals surface area contributed by atoms with Crippen LogP contribution in [0.4, 0.5) is 13.2 Å². The number of pyridine rings is 1. The van der Waals surface area contributed by atoms with Crippen molar-refractivity contribution in [3.63, 3.8) is 0 Å². The Bertz CT molecular complexity index is 927. The predicted molar refractivity (Wildman–Crippen MR) is 111 cm³/mol. The summed E-state index contributed by atoms with van der Waals surface area (Å²) < 4.78 is 43.9. The number of ether oxygens (including phenoxy) is 2. The Kier molecular flexibility index (Phi) is 8.04. The van der Waals surface area contributed by atoms with E-state index in [1.165, 1.54) is 0 Å². The zero-order valence-electron chi connectivity index (χ0n) is 17.8. The van der Waals surface area contributed by atoms with Crippen molar-refractivity contribution in [1.29, 1.82) is 0 Å². The molecule has 2 atom stereocenters. The summed E-state index contributed by atoms with van der Waals surface area (Å²) in [6.07, 6.45) is -0.470. The normalized spacial score (nSPS) is 22.5. The lowest BCUT2D eigenvalue weighted by molar-refractivity contribution is -0.192. The van der Waals surface area contributed by atoms with Crippen molar-refractivity contribution >= 4 is 11.9 Å². The number of piperidine rings is 1. The minimum Gasteiger partial charge on any atom is -0.475 e. The summed E-state index contributed by atoms with van der Waals surface area (Å²) in [6.45, 7) is 2.51. The molecule has 2 saturated heterocycles. The van der Waals surface area contributed by atoms with Crippen LogP contribution >= 0.6 is 0 Å². The minimum absolute atomic E-state index is 0.0591. The number of hydrogen-bond donors (Lipinski definition) is 1. The van der Waals surface area contributed by atoms with Crippen LogP contribution in [0.1, 0.15) is 35.3 Å². The van der Waals surface area contributed by atoms with Gasteiger partial charge in [0.2, 0.25) is 0 Å². The first-order valence-corrected chi connectivity index (χ1v) is 10.5. The summed E-state index contributed by atoms with van der Waals surface area (Å²) in [5.74, 6) is -2.67. The molecule has 2 fully saturated rings. The molecule has 0 aliphatic carbocycles. The Hall–Kier alpha value is -2.98. The van der Waals surface area contributed by atoms with Gasteiger partial charge >= 0.3 is 12.1 Å². The molecule has 1 spiro atoms. The number of carbonyl (C=O) groups excluding carboxylic acids is 1. The van der Waals surface area contributed by atoms with E-state index in [2.05, 4.69) is 4.98 Å². The van der Waals surface area contributed by atoms with Crippen LogP contribution < -0.4 is 0 Å². The average molecular weight is 466 g/mol. The Morgan fingerprint density at radius 3 is 2.52 bits per heavy atom. The molecular formula is C23H25F3N2O5. The summed E-state index contributed by atoms with van der Waals surface area (Å²) in [5.41, 5.74) is 1.40. The number of aromatic nitrogens is 1. The van der Waals surface area contributed by atoms with E-state index < -0.39 is 12.1 Å². The number of likely N-dealkylation sites (tertiary alicyclic amines) is 1. The first-order chi connectivity index (χ1) is 15.7. The molecule has 1 N–H and O–H groups in total. The molecule has 0 radical (unpaired) electrons. The molecule has 1 aromatic carbocycles. The van der Waals surface area contributed by atoms with Crippen LogP contribution in [0.3, 0.4) is 0 Å². The summed E-state index contributed by atoms with van der Waals surface area (Å²) in [7, 11) is 0. The fraction of sp³-hybridized carbons (Fsp3) is 0.435. The predicted octanol–water partition coefficient (Wildman–Crippen LogP) is 3.70. The van der Waals surface area contributed by atoms with Gasteiger partial charge in [-0.2, -0.15) is 13.2 Å². The molecule has 1 amide bonds. The van der Waals surface area contributed by atoms with Gasteiger partial charge in [0.05, 0.1) is 37.2 Å². The average Bonchev–Trinajstić information content (AvgIpc) is 3.20. The van der Waals surface area contributed by atoms with Gasteiger partial charge in [0.15, 0.2) is 0 Å². The summed E-state index contributed by atoms with van der Waals surface area (Å²) in [5, 5.41) is 7.12. The molecule has 10 heteroatoms. The summed E-state index contributed by atoms with van der Waals surface area (Å²) in [6, 6.07) is 15.3. The number of rotatable bonds is 4. The van der Waals surface area contributed by atoms with Crippen LogP contribution in [0.15, 0.2) is 54.7 Å². The van der Waals surface area contributed by atoms with E-state index in [9.17, 15) is 18.0 Å². The number of carbonyl (C=O) groups is 2. The Balaban J connectivity index is 0.000000383.